The number of nitrogens with one attached hydrogen (secondary N) is 2. The van der Waals surface area contributed by atoms with Crippen LogP contribution in [0.15, 0.2) is 36.5 Å². The van der Waals surface area contributed by atoms with Crippen LogP contribution in [0.1, 0.15) is 62.8 Å². The number of aliphatic hydroxyl groups is 2. The monoisotopic (exact) mass is 529 g/mol. The Balaban J connectivity index is 1.51. The van der Waals surface area contributed by atoms with Gasteiger partial charge in [0.15, 0.2) is 0 Å². The number of nitrogens with zero attached hydrogens (tertiary/aromatic N) is 1. The van der Waals surface area contributed by atoms with Crippen LogP contribution in [0.3, 0.4) is 0 Å². The minimum Gasteiger partial charge on any atom is -0.471 e. The fourth-order valence-corrected chi connectivity index (χ4v) is 5.46. The van der Waals surface area contributed by atoms with E-state index >= 15 is 0 Å². The summed E-state index contributed by atoms with van der Waals surface area (Å²) in [5.41, 5.74) is 2.45. The zero-order valence-corrected chi connectivity index (χ0v) is 22.7. The molecular formula is C29H40FN3O5. The predicted molar refractivity (Wildman–Crippen MR) is 141 cm³/mol. The van der Waals surface area contributed by atoms with Crippen LogP contribution in [0.4, 0.5) is 4.39 Å². The number of hydrogen-bond donors (Lipinski definition) is 4. The van der Waals surface area contributed by atoms with E-state index in [0.29, 0.717) is 31.6 Å². The minimum atomic E-state index is -0.930. The van der Waals surface area contributed by atoms with Gasteiger partial charge in [-0.05, 0) is 47.6 Å². The molecule has 0 saturated heterocycles. The van der Waals surface area contributed by atoms with Crippen molar-refractivity contribution in [3.63, 3.8) is 0 Å². The Kier molecular flexibility index (Phi) is 8.72. The van der Waals surface area contributed by atoms with E-state index in [4.69, 9.17) is 9.47 Å². The average Bonchev–Trinajstić information content (AvgIpc) is 2.82. The molecule has 1 amide bonds. The number of amides is 1. The van der Waals surface area contributed by atoms with Crippen LogP contribution in [-0.4, -0.2) is 65.2 Å². The van der Waals surface area contributed by atoms with Crippen molar-refractivity contribution in [2.24, 2.45) is 5.41 Å². The summed E-state index contributed by atoms with van der Waals surface area (Å²) >= 11 is 0. The molecule has 1 saturated carbocycles. The third-order valence-electron chi connectivity index (χ3n) is 7.18. The van der Waals surface area contributed by atoms with Gasteiger partial charge in [-0.25, -0.2) is 9.37 Å². The molecule has 1 aromatic carbocycles. The molecule has 0 bridgehead atoms. The summed E-state index contributed by atoms with van der Waals surface area (Å²) in [4.78, 5) is 16.9. The fraction of sp³-hybridized carbons (Fsp3) is 0.586. The Bertz CT molecular complexity index is 1100. The van der Waals surface area contributed by atoms with E-state index in [0.717, 1.165) is 23.1 Å². The summed E-state index contributed by atoms with van der Waals surface area (Å²) in [5.74, 6) is -0.124. The summed E-state index contributed by atoms with van der Waals surface area (Å²) in [6, 6.07) is 7.38. The summed E-state index contributed by atoms with van der Waals surface area (Å²) in [7, 11) is 1.43. The molecule has 8 nitrogen and oxygen atoms in total. The van der Waals surface area contributed by atoms with Crippen LogP contribution >= 0.6 is 0 Å². The Morgan fingerprint density at radius 2 is 1.95 bits per heavy atom. The number of ether oxygens (including phenoxy) is 2. The molecule has 38 heavy (non-hydrogen) atoms. The van der Waals surface area contributed by atoms with E-state index in [1.54, 1.807) is 12.1 Å². The van der Waals surface area contributed by atoms with Crippen LogP contribution in [0, 0.1) is 11.2 Å². The van der Waals surface area contributed by atoms with Crippen molar-refractivity contribution >= 4 is 5.91 Å². The van der Waals surface area contributed by atoms with E-state index in [-0.39, 0.29) is 42.4 Å². The molecule has 4 rings (SSSR count). The molecule has 2 aromatic rings. The summed E-state index contributed by atoms with van der Waals surface area (Å²) in [5, 5.41) is 27.5. The molecule has 1 aliphatic heterocycles. The van der Waals surface area contributed by atoms with Crippen molar-refractivity contribution in [3.05, 3.63) is 59.0 Å². The van der Waals surface area contributed by atoms with Crippen molar-refractivity contribution in [2.75, 3.05) is 20.3 Å². The van der Waals surface area contributed by atoms with Gasteiger partial charge in [0.25, 0.3) is 0 Å². The third kappa shape index (κ3) is 7.28. The Morgan fingerprint density at radius 1 is 1.24 bits per heavy atom. The minimum absolute atomic E-state index is 0.0951. The highest BCUT2D eigenvalue weighted by atomic mass is 19.1. The molecule has 2 aliphatic rings. The second-order valence-corrected chi connectivity index (χ2v) is 12.0. The normalized spacial score (nSPS) is 24.2. The molecule has 1 aromatic heterocycles. The first kappa shape index (κ1) is 28.4. The Labute approximate surface area is 224 Å². The number of pyridine rings is 1. The lowest BCUT2D eigenvalue weighted by atomic mass is 9.71. The molecule has 208 valence electrons. The number of halogens is 1. The predicted octanol–water partition coefficient (Wildman–Crippen LogP) is 2.85. The Morgan fingerprint density at radius 3 is 2.58 bits per heavy atom. The Hall–Kier alpha value is -2.59. The van der Waals surface area contributed by atoms with Gasteiger partial charge in [-0.3, -0.25) is 4.79 Å². The lowest BCUT2D eigenvalue weighted by Crippen LogP contribution is -2.56. The molecule has 4 N–H and O–H groups in total. The maximum absolute atomic E-state index is 13.4. The summed E-state index contributed by atoms with van der Waals surface area (Å²) < 4.78 is 24.6. The summed E-state index contributed by atoms with van der Waals surface area (Å²) in [6.07, 6.45) is 3.45. The largest absolute Gasteiger partial charge is 0.471 e. The standard InChI is InChI=1S/C29H40FN3O5/c1-28(2,3)11-19-9-22-24(14-29(12-21(34)13-29)38-27(22)32-15-19)31-16-25(35)23(33-26(36)17-37-4)10-18-5-7-20(30)8-6-18/h5-9,15,21,23-25,31,34-35H,10-14,16-17H2,1-4H3,(H,33,36)/t21?,23-,24-,25+,29?/m0/s1. The first-order valence-corrected chi connectivity index (χ1v) is 13.3. The van der Waals surface area contributed by atoms with E-state index < -0.39 is 17.7 Å². The fourth-order valence-electron chi connectivity index (χ4n) is 5.46. The van der Waals surface area contributed by atoms with Gasteiger partial charge in [0.1, 0.15) is 18.0 Å². The lowest BCUT2D eigenvalue weighted by Gasteiger charge is -2.50. The molecule has 2 heterocycles. The van der Waals surface area contributed by atoms with Crippen LogP contribution in [-0.2, 0) is 22.4 Å². The van der Waals surface area contributed by atoms with Gasteiger partial charge in [0.05, 0.1) is 18.2 Å². The molecular weight excluding hydrogens is 489 g/mol. The number of benzene rings is 1. The second-order valence-electron chi connectivity index (χ2n) is 12.0. The van der Waals surface area contributed by atoms with Gasteiger partial charge in [0.2, 0.25) is 11.8 Å². The zero-order chi connectivity index (χ0) is 27.5. The maximum atomic E-state index is 13.4. The average molecular weight is 530 g/mol. The molecule has 3 atom stereocenters. The van der Waals surface area contributed by atoms with E-state index in [1.165, 1.54) is 19.2 Å². The van der Waals surface area contributed by atoms with Gasteiger partial charge in [0, 0.05) is 50.7 Å². The molecule has 0 unspecified atom stereocenters. The quantitative estimate of drug-likeness (QED) is 0.374. The molecule has 1 fully saturated rings. The maximum Gasteiger partial charge on any atom is 0.246 e. The first-order chi connectivity index (χ1) is 17.9. The highest BCUT2D eigenvalue weighted by Crippen LogP contribution is 2.48. The van der Waals surface area contributed by atoms with Crippen molar-refractivity contribution in [2.45, 2.75) is 82.8 Å². The number of hydrogen-bond acceptors (Lipinski definition) is 7. The first-order valence-electron chi connectivity index (χ1n) is 13.3. The number of aromatic nitrogens is 1. The van der Waals surface area contributed by atoms with Crippen molar-refractivity contribution in [3.8, 4) is 5.88 Å². The molecule has 1 aliphatic carbocycles. The summed E-state index contributed by atoms with van der Waals surface area (Å²) in [6.45, 7) is 6.61. The van der Waals surface area contributed by atoms with Crippen molar-refractivity contribution in [1.29, 1.82) is 0 Å². The highest BCUT2D eigenvalue weighted by molar-refractivity contribution is 5.77. The highest BCUT2D eigenvalue weighted by Gasteiger charge is 2.51. The second kappa shape index (κ2) is 11.7. The van der Waals surface area contributed by atoms with Crippen LogP contribution in [0.5, 0.6) is 5.88 Å². The lowest BCUT2D eigenvalue weighted by molar-refractivity contribution is -0.126. The van der Waals surface area contributed by atoms with Gasteiger partial charge >= 0.3 is 0 Å². The van der Waals surface area contributed by atoms with Crippen molar-refractivity contribution < 1.29 is 28.9 Å². The third-order valence-corrected chi connectivity index (χ3v) is 7.18. The molecule has 9 heteroatoms. The smallest absolute Gasteiger partial charge is 0.246 e. The number of methoxy groups -OCH3 is 1. The van der Waals surface area contributed by atoms with E-state index in [9.17, 15) is 19.4 Å². The van der Waals surface area contributed by atoms with Crippen LogP contribution < -0.4 is 15.4 Å². The topological polar surface area (TPSA) is 113 Å². The van der Waals surface area contributed by atoms with Crippen LogP contribution in [0.2, 0.25) is 0 Å². The van der Waals surface area contributed by atoms with Gasteiger partial charge in [-0.1, -0.05) is 32.9 Å². The van der Waals surface area contributed by atoms with Gasteiger partial charge < -0.3 is 30.3 Å². The molecule has 1 spiro atoms. The van der Waals surface area contributed by atoms with Gasteiger partial charge in [-0.2, -0.15) is 0 Å². The van der Waals surface area contributed by atoms with E-state index in [2.05, 4.69) is 42.5 Å². The number of carbonyl (C=O) groups is 1. The van der Waals surface area contributed by atoms with Crippen molar-refractivity contribution in [1.82, 2.24) is 15.6 Å². The number of fused-ring (bicyclic) bond motifs is 1. The van der Waals surface area contributed by atoms with Crippen LogP contribution in [0.25, 0.3) is 0 Å². The molecule has 0 radical (unpaired) electrons. The SMILES string of the molecule is COCC(=O)N[C@@H](Cc1ccc(F)cc1)[C@H](O)CN[C@H]1CC2(CC(O)C2)Oc2ncc(CC(C)(C)C)cc21. The van der Waals surface area contributed by atoms with E-state index in [1.807, 2.05) is 6.20 Å². The number of rotatable bonds is 10. The zero-order valence-electron chi connectivity index (χ0n) is 22.7. The number of carbonyl (C=O) groups excluding carboxylic acids is 1. The number of aliphatic hydroxyl groups excluding tert-OH is 2. The van der Waals surface area contributed by atoms with Gasteiger partial charge in [-0.15, -0.1) is 0 Å².